The van der Waals surface area contributed by atoms with Crippen molar-refractivity contribution in [3.63, 3.8) is 0 Å². The molecule has 0 aliphatic heterocycles. The lowest BCUT2D eigenvalue weighted by Crippen LogP contribution is -2.23. The van der Waals surface area contributed by atoms with Crippen LogP contribution in [0.25, 0.3) is 0 Å². The van der Waals surface area contributed by atoms with E-state index in [4.69, 9.17) is 9.47 Å². The Balaban J connectivity index is 1.74. The normalized spacial score (nSPS) is 10.7. The maximum absolute atomic E-state index is 13.0. The van der Waals surface area contributed by atoms with Crippen LogP contribution in [0, 0.1) is 5.82 Å². The third kappa shape index (κ3) is 6.07. The van der Waals surface area contributed by atoms with Gasteiger partial charge in [-0.2, -0.15) is 0 Å². The van der Waals surface area contributed by atoms with Crippen LogP contribution < -0.4 is 14.8 Å². The fraction of sp³-hybridized carbons (Fsp3) is 0.269. The van der Waals surface area contributed by atoms with Crippen LogP contribution in [0.1, 0.15) is 53.7 Å². The third-order valence-corrected chi connectivity index (χ3v) is 4.91. The molecule has 0 atom stereocenters. The molecule has 0 aliphatic rings. The molecule has 0 saturated heterocycles. The average Bonchev–Trinajstić information content (AvgIpc) is 2.78. The lowest BCUT2D eigenvalue weighted by Gasteiger charge is -2.16. The molecular weight excluding hydrogens is 393 g/mol. The molecule has 0 bridgehead atoms. The number of nitrogens with one attached hydrogen (secondary N) is 1. The summed E-state index contributed by atoms with van der Waals surface area (Å²) in [5.41, 5.74) is 3.28. The summed E-state index contributed by atoms with van der Waals surface area (Å²) in [5, 5.41) is 2.87. The molecule has 5 heteroatoms. The molecule has 0 aliphatic carbocycles. The number of rotatable bonds is 9. The summed E-state index contributed by atoms with van der Waals surface area (Å²) < 4.78 is 24.9. The van der Waals surface area contributed by atoms with Crippen LogP contribution >= 0.6 is 0 Å². The first-order valence-electron chi connectivity index (χ1n) is 10.5. The summed E-state index contributed by atoms with van der Waals surface area (Å²) in [4.78, 5) is 12.7. The smallest absolute Gasteiger partial charge is 0.251 e. The molecule has 162 valence electrons. The van der Waals surface area contributed by atoms with Crippen LogP contribution in [0.3, 0.4) is 0 Å². The van der Waals surface area contributed by atoms with Gasteiger partial charge >= 0.3 is 0 Å². The predicted octanol–water partition coefficient (Wildman–Crippen LogP) is 5.86. The van der Waals surface area contributed by atoms with Crippen molar-refractivity contribution in [3.05, 3.63) is 94.8 Å². The van der Waals surface area contributed by atoms with E-state index in [1.54, 1.807) is 30.3 Å². The van der Waals surface area contributed by atoms with Crippen molar-refractivity contribution in [1.82, 2.24) is 5.32 Å². The van der Waals surface area contributed by atoms with E-state index in [0.29, 0.717) is 30.4 Å². The van der Waals surface area contributed by atoms with Gasteiger partial charge in [0.15, 0.2) is 0 Å². The van der Waals surface area contributed by atoms with Gasteiger partial charge in [-0.3, -0.25) is 4.79 Å². The van der Waals surface area contributed by atoms with E-state index in [9.17, 15) is 9.18 Å². The second-order valence-corrected chi connectivity index (χ2v) is 7.55. The van der Waals surface area contributed by atoms with Gasteiger partial charge in [0, 0.05) is 17.7 Å². The monoisotopic (exact) mass is 421 g/mol. The molecule has 31 heavy (non-hydrogen) atoms. The minimum absolute atomic E-state index is 0.212. The van der Waals surface area contributed by atoms with Crippen molar-refractivity contribution >= 4 is 5.91 Å². The minimum Gasteiger partial charge on any atom is -0.493 e. The molecule has 0 spiro atoms. The Labute approximate surface area is 183 Å². The zero-order chi connectivity index (χ0) is 22.2. The molecular formula is C26H28FNO3. The highest BCUT2D eigenvalue weighted by molar-refractivity contribution is 5.94. The summed E-state index contributed by atoms with van der Waals surface area (Å²) >= 11 is 0. The van der Waals surface area contributed by atoms with Crippen molar-refractivity contribution in [2.24, 2.45) is 0 Å². The van der Waals surface area contributed by atoms with E-state index in [-0.39, 0.29) is 18.3 Å². The maximum atomic E-state index is 13.0. The summed E-state index contributed by atoms with van der Waals surface area (Å²) in [6.07, 6.45) is 0. The van der Waals surface area contributed by atoms with E-state index in [1.165, 1.54) is 12.1 Å². The maximum Gasteiger partial charge on any atom is 0.251 e. The van der Waals surface area contributed by atoms with Gasteiger partial charge in [0.2, 0.25) is 0 Å². The van der Waals surface area contributed by atoms with Crippen molar-refractivity contribution in [2.75, 3.05) is 6.61 Å². The summed E-state index contributed by atoms with van der Waals surface area (Å²) in [6, 6.07) is 19.3. The lowest BCUT2D eigenvalue weighted by molar-refractivity contribution is 0.0950. The van der Waals surface area contributed by atoms with Crippen molar-refractivity contribution in [3.8, 4) is 11.5 Å². The lowest BCUT2D eigenvalue weighted by atomic mass is 10.0. The first-order chi connectivity index (χ1) is 15.0. The quantitative estimate of drug-likeness (QED) is 0.471. The van der Waals surface area contributed by atoms with Gasteiger partial charge in [0.1, 0.15) is 23.9 Å². The van der Waals surface area contributed by atoms with Gasteiger partial charge < -0.3 is 14.8 Å². The number of carbonyl (C=O) groups excluding carboxylic acids is 1. The zero-order valence-corrected chi connectivity index (χ0v) is 18.2. The van der Waals surface area contributed by atoms with Gasteiger partial charge in [0.05, 0.1) is 6.61 Å². The molecule has 0 saturated carbocycles. The topological polar surface area (TPSA) is 47.6 Å². The molecule has 3 aromatic rings. The standard InChI is InChI=1S/C26H28FNO3/c1-4-30-24-14-11-20(26(29)28-16-19-9-12-22(27)13-10-19)15-21(24)17-31-25-8-6-5-7-23(25)18(2)3/h5-15,18H,4,16-17H2,1-3H3,(H,28,29). The summed E-state index contributed by atoms with van der Waals surface area (Å²) in [7, 11) is 0. The highest BCUT2D eigenvalue weighted by Crippen LogP contribution is 2.28. The molecule has 0 radical (unpaired) electrons. The largest absolute Gasteiger partial charge is 0.493 e. The van der Waals surface area contributed by atoms with Crippen molar-refractivity contribution in [2.45, 2.75) is 39.8 Å². The van der Waals surface area contributed by atoms with Crippen molar-refractivity contribution < 1.29 is 18.7 Å². The molecule has 1 N–H and O–H groups in total. The van der Waals surface area contributed by atoms with E-state index in [2.05, 4.69) is 25.2 Å². The van der Waals surface area contributed by atoms with Gasteiger partial charge in [-0.1, -0.05) is 44.2 Å². The molecule has 3 rings (SSSR count). The Hall–Kier alpha value is -3.34. The van der Waals surface area contributed by atoms with Crippen LogP contribution in [0.4, 0.5) is 4.39 Å². The number of halogens is 1. The van der Waals surface area contributed by atoms with Crippen LogP contribution in [0.5, 0.6) is 11.5 Å². The third-order valence-electron chi connectivity index (χ3n) is 4.91. The number of hydrogen-bond donors (Lipinski definition) is 1. The van der Waals surface area contributed by atoms with Gasteiger partial charge in [-0.25, -0.2) is 4.39 Å². The van der Waals surface area contributed by atoms with Gasteiger partial charge in [-0.15, -0.1) is 0 Å². The molecule has 4 nitrogen and oxygen atoms in total. The number of carbonyl (C=O) groups is 1. The van der Waals surface area contributed by atoms with Crippen LogP contribution in [-0.4, -0.2) is 12.5 Å². The number of benzene rings is 3. The second-order valence-electron chi connectivity index (χ2n) is 7.55. The number of ether oxygens (including phenoxy) is 2. The molecule has 0 heterocycles. The molecule has 0 fully saturated rings. The highest BCUT2D eigenvalue weighted by Gasteiger charge is 2.13. The number of amides is 1. The molecule has 1 amide bonds. The average molecular weight is 422 g/mol. The van der Waals surface area contributed by atoms with Gasteiger partial charge in [0.25, 0.3) is 5.91 Å². The Morgan fingerprint density at radius 3 is 2.42 bits per heavy atom. The Kier molecular flexibility index (Phi) is 7.65. The molecule has 0 aromatic heterocycles. The number of para-hydroxylation sites is 1. The minimum atomic E-state index is -0.301. The first-order valence-corrected chi connectivity index (χ1v) is 10.5. The summed E-state index contributed by atoms with van der Waals surface area (Å²) in [5.74, 6) is 1.35. The Morgan fingerprint density at radius 1 is 0.968 bits per heavy atom. The van der Waals surface area contributed by atoms with Crippen molar-refractivity contribution in [1.29, 1.82) is 0 Å². The van der Waals surface area contributed by atoms with Crippen LogP contribution in [0.2, 0.25) is 0 Å². The summed E-state index contributed by atoms with van der Waals surface area (Å²) in [6.45, 7) is 7.30. The highest BCUT2D eigenvalue weighted by atomic mass is 19.1. The van der Waals surface area contributed by atoms with Gasteiger partial charge in [-0.05, 0) is 60.4 Å². The van der Waals surface area contributed by atoms with E-state index >= 15 is 0 Å². The Bertz CT molecular complexity index is 1020. The Morgan fingerprint density at radius 2 is 1.71 bits per heavy atom. The molecule has 3 aromatic carbocycles. The number of hydrogen-bond acceptors (Lipinski definition) is 3. The van der Waals surface area contributed by atoms with Crippen LogP contribution in [-0.2, 0) is 13.2 Å². The predicted molar refractivity (Wildman–Crippen MR) is 120 cm³/mol. The SMILES string of the molecule is CCOc1ccc(C(=O)NCc2ccc(F)cc2)cc1COc1ccccc1C(C)C. The first kappa shape index (κ1) is 22.3. The fourth-order valence-corrected chi connectivity index (χ4v) is 3.26. The second kappa shape index (κ2) is 10.6. The van der Waals surface area contributed by atoms with E-state index in [1.807, 2.05) is 25.1 Å². The van der Waals surface area contributed by atoms with Crippen LogP contribution in [0.15, 0.2) is 66.7 Å². The van der Waals surface area contributed by atoms with E-state index < -0.39 is 0 Å². The zero-order valence-electron chi connectivity index (χ0n) is 18.2. The molecule has 0 unspecified atom stereocenters. The fourth-order valence-electron chi connectivity index (χ4n) is 3.26. The van der Waals surface area contributed by atoms with E-state index in [0.717, 1.165) is 22.4 Å².